The van der Waals surface area contributed by atoms with Crippen LogP contribution in [-0.4, -0.2) is 29.6 Å². The molecule has 0 bridgehead atoms. The number of para-hydroxylation sites is 1. The fraction of sp³-hybridized carbons (Fsp3) is 0.304. The van der Waals surface area contributed by atoms with Crippen molar-refractivity contribution in [3.63, 3.8) is 0 Å². The number of hydrogen-bond acceptors (Lipinski definition) is 3. The molecule has 1 aromatic heterocycles. The Bertz CT molecular complexity index is 984. The predicted octanol–water partition coefficient (Wildman–Crippen LogP) is 4.01. The van der Waals surface area contributed by atoms with Gasteiger partial charge >= 0.3 is 5.97 Å². The van der Waals surface area contributed by atoms with Gasteiger partial charge in [-0.3, -0.25) is 4.79 Å². The molecule has 0 saturated carbocycles. The largest absolute Gasteiger partial charge is 0.467 e. The van der Waals surface area contributed by atoms with E-state index in [1.807, 2.05) is 69.4 Å². The number of carbonyl (C=O) groups excluding carboxylic acids is 2. The zero-order chi connectivity index (χ0) is 20.3. The van der Waals surface area contributed by atoms with Crippen molar-refractivity contribution in [2.45, 2.75) is 33.4 Å². The molecule has 0 aliphatic heterocycles. The molecule has 0 aliphatic rings. The van der Waals surface area contributed by atoms with Gasteiger partial charge in [0.05, 0.1) is 12.7 Å². The average molecular weight is 378 g/mol. The lowest BCUT2D eigenvalue weighted by atomic mass is 9.86. The van der Waals surface area contributed by atoms with Crippen molar-refractivity contribution in [2.75, 3.05) is 7.11 Å². The molecule has 1 heterocycles. The maximum atomic E-state index is 13.1. The summed E-state index contributed by atoms with van der Waals surface area (Å²) in [6.45, 7) is 6.35. The van der Waals surface area contributed by atoms with Crippen LogP contribution in [0.25, 0.3) is 10.9 Å². The molecule has 1 atom stereocenters. The van der Waals surface area contributed by atoms with Crippen LogP contribution >= 0.6 is 0 Å². The topological polar surface area (TPSA) is 60.3 Å². The van der Waals surface area contributed by atoms with Crippen molar-refractivity contribution >= 4 is 22.8 Å². The lowest BCUT2D eigenvalue weighted by molar-refractivity contribution is -0.145. The Hall–Kier alpha value is -3.08. The van der Waals surface area contributed by atoms with Gasteiger partial charge in [0.25, 0.3) is 5.91 Å². The van der Waals surface area contributed by atoms with E-state index in [-0.39, 0.29) is 5.91 Å². The minimum atomic E-state index is -0.735. The van der Waals surface area contributed by atoms with Gasteiger partial charge in [0.2, 0.25) is 0 Å². The zero-order valence-electron chi connectivity index (χ0n) is 16.7. The molecule has 3 aromatic rings. The van der Waals surface area contributed by atoms with Crippen molar-refractivity contribution in [2.24, 2.45) is 5.41 Å². The molecule has 0 aliphatic carbocycles. The Morgan fingerprint density at radius 3 is 2.32 bits per heavy atom. The lowest BCUT2D eigenvalue weighted by Crippen LogP contribution is -2.49. The van der Waals surface area contributed by atoms with E-state index in [0.29, 0.717) is 12.1 Å². The highest BCUT2D eigenvalue weighted by Crippen LogP contribution is 2.25. The van der Waals surface area contributed by atoms with Crippen molar-refractivity contribution in [1.82, 2.24) is 9.88 Å². The normalized spacial score (nSPS) is 12.6. The van der Waals surface area contributed by atoms with Crippen LogP contribution in [0.15, 0.2) is 60.8 Å². The molecule has 2 aromatic carbocycles. The Kier molecular flexibility index (Phi) is 5.54. The average Bonchev–Trinajstić information content (AvgIpc) is 3.04. The summed E-state index contributed by atoms with van der Waals surface area (Å²) in [6, 6.07) is 17.1. The number of rotatable bonds is 5. The van der Waals surface area contributed by atoms with Crippen molar-refractivity contribution in [3.05, 3.63) is 71.9 Å². The third-order valence-electron chi connectivity index (χ3n) is 4.81. The highest BCUT2D eigenvalue weighted by Gasteiger charge is 2.34. The van der Waals surface area contributed by atoms with Gasteiger partial charge in [-0.25, -0.2) is 4.79 Å². The van der Waals surface area contributed by atoms with E-state index in [1.165, 1.54) is 7.11 Å². The summed E-state index contributed by atoms with van der Waals surface area (Å²) in [4.78, 5) is 25.3. The number of esters is 1. The SMILES string of the molecule is COC(=O)[C@@H](NC(=O)c1cn(Cc2ccccc2)c2ccccc12)C(C)(C)C. The summed E-state index contributed by atoms with van der Waals surface area (Å²) >= 11 is 0. The molecule has 1 amide bonds. The fourth-order valence-electron chi connectivity index (χ4n) is 3.29. The Morgan fingerprint density at radius 1 is 1.04 bits per heavy atom. The summed E-state index contributed by atoms with van der Waals surface area (Å²) in [5, 5.41) is 3.72. The third kappa shape index (κ3) is 4.09. The first-order valence-corrected chi connectivity index (χ1v) is 9.31. The molecular formula is C23H26N2O3. The van der Waals surface area contributed by atoms with Gasteiger partial charge in [-0.2, -0.15) is 0 Å². The fourth-order valence-corrected chi connectivity index (χ4v) is 3.29. The molecule has 5 heteroatoms. The second-order valence-corrected chi connectivity index (χ2v) is 7.97. The van der Waals surface area contributed by atoms with E-state index >= 15 is 0 Å². The molecule has 0 unspecified atom stereocenters. The van der Waals surface area contributed by atoms with E-state index in [2.05, 4.69) is 22.0 Å². The molecule has 0 spiro atoms. The number of aromatic nitrogens is 1. The number of fused-ring (bicyclic) bond motifs is 1. The van der Waals surface area contributed by atoms with Crippen LogP contribution in [0.2, 0.25) is 0 Å². The van der Waals surface area contributed by atoms with Gasteiger partial charge < -0.3 is 14.6 Å². The van der Waals surface area contributed by atoms with E-state index in [0.717, 1.165) is 16.5 Å². The van der Waals surface area contributed by atoms with E-state index < -0.39 is 17.4 Å². The van der Waals surface area contributed by atoms with Gasteiger partial charge in [0, 0.05) is 23.6 Å². The van der Waals surface area contributed by atoms with Crippen LogP contribution in [0, 0.1) is 5.41 Å². The second kappa shape index (κ2) is 7.89. The van der Waals surface area contributed by atoms with E-state index in [1.54, 1.807) is 0 Å². The molecular weight excluding hydrogens is 352 g/mol. The highest BCUT2D eigenvalue weighted by molar-refractivity contribution is 6.08. The van der Waals surface area contributed by atoms with E-state index in [9.17, 15) is 9.59 Å². The molecule has 5 nitrogen and oxygen atoms in total. The van der Waals surface area contributed by atoms with Crippen LogP contribution in [0.5, 0.6) is 0 Å². The van der Waals surface area contributed by atoms with Gasteiger partial charge in [-0.05, 0) is 17.0 Å². The molecule has 0 saturated heterocycles. The highest BCUT2D eigenvalue weighted by atomic mass is 16.5. The number of ether oxygens (including phenoxy) is 1. The Balaban J connectivity index is 1.96. The number of nitrogens with one attached hydrogen (secondary N) is 1. The zero-order valence-corrected chi connectivity index (χ0v) is 16.7. The molecule has 0 radical (unpaired) electrons. The number of benzene rings is 2. The van der Waals surface area contributed by atoms with Gasteiger partial charge in [0.1, 0.15) is 6.04 Å². The lowest BCUT2D eigenvalue weighted by Gasteiger charge is -2.28. The number of methoxy groups -OCH3 is 1. The molecule has 146 valence electrons. The van der Waals surface area contributed by atoms with Crippen LogP contribution in [0.4, 0.5) is 0 Å². The van der Waals surface area contributed by atoms with Crippen molar-refractivity contribution < 1.29 is 14.3 Å². The van der Waals surface area contributed by atoms with Gasteiger partial charge in [-0.15, -0.1) is 0 Å². The molecule has 3 rings (SSSR count). The Labute approximate surface area is 165 Å². The van der Waals surface area contributed by atoms with E-state index in [4.69, 9.17) is 4.74 Å². The first-order valence-electron chi connectivity index (χ1n) is 9.31. The first kappa shape index (κ1) is 19.7. The summed E-state index contributed by atoms with van der Waals surface area (Å²) in [5.41, 5.74) is 2.20. The standard InChI is InChI=1S/C23H26N2O3/c1-23(2,3)20(22(27)28-4)24-21(26)18-15-25(14-16-10-6-5-7-11-16)19-13-9-8-12-17(18)19/h5-13,15,20H,14H2,1-4H3,(H,24,26)/t20-/m1/s1. The number of hydrogen-bond donors (Lipinski definition) is 1. The van der Waals surface area contributed by atoms with Crippen LogP contribution in [0.3, 0.4) is 0 Å². The Morgan fingerprint density at radius 2 is 1.68 bits per heavy atom. The van der Waals surface area contributed by atoms with Crippen molar-refractivity contribution in [1.29, 1.82) is 0 Å². The summed E-state index contributed by atoms with van der Waals surface area (Å²) in [6.07, 6.45) is 1.85. The first-order chi connectivity index (χ1) is 13.3. The van der Waals surface area contributed by atoms with Gasteiger partial charge in [0.15, 0.2) is 0 Å². The molecule has 28 heavy (non-hydrogen) atoms. The predicted molar refractivity (Wildman–Crippen MR) is 110 cm³/mol. The third-order valence-corrected chi connectivity index (χ3v) is 4.81. The monoisotopic (exact) mass is 378 g/mol. The quantitative estimate of drug-likeness (QED) is 0.683. The minimum absolute atomic E-state index is 0.284. The summed E-state index contributed by atoms with van der Waals surface area (Å²) in [5.74, 6) is -0.734. The maximum Gasteiger partial charge on any atom is 0.328 e. The maximum absolute atomic E-state index is 13.1. The van der Waals surface area contributed by atoms with Crippen molar-refractivity contribution in [3.8, 4) is 0 Å². The molecule has 1 N–H and O–H groups in total. The van der Waals surface area contributed by atoms with Crippen LogP contribution in [0.1, 0.15) is 36.7 Å². The minimum Gasteiger partial charge on any atom is -0.467 e. The van der Waals surface area contributed by atoms with Gasteiger partial charge in [-0.1, -0.05) is 69.3 Å². The number of carbonyl (C=O) groups is 2. The summed E-state index contributed by atoms with van der Waals surface area (Å²) < 4.78 is 6.95. The van der Waals surface area contributed by atoms with Crippen LogP contribution in [-0.2, 0) is 16.1 Å². The number of nitrogens with zero attached hydrogens (tertiary/aromatic N) is 1. The molecule has 0 fully saturated rings. The smallest absolute Gasteiger partial charge is 0.328 e. The second-order valence-electron chi connectivity index (χ2n) is 7.97. The summed E-state index contributed by atoms with van der Waals surface area (Å²) in [7, 11) is 1.33. The van der Waals surface area contributed by atoms with Crippen LogP contribution < -0.4 is 5.32 Å². The number of amides is 1.